The van der Waals surface area contributed by atoms with Crippen LogP contribution in [0.5, 0.6) is 5.75 Å². The first-order valence-corrected chi connectivity index (χ1v) is 6.48. The number of ether oxygens (including phenoxy) is 1. The molecule has 0 heterocycles. The zero-order chi connectivity index (χ0) is 14.4. The van der Waals surface area contributed by atoms with Gasteiger partial charge in [0.15, 0.2) is 0 Å². The third kappa shape index (κ3) is 3.16. The molecule has 0 aliphatic heterocycles. The van der Waals surface area contributed by atoms with Gasteiger partial charge in [-0.25, -0.2) is 0 Å². The molecule has 0 radical (unpaired) electrons. The molecule has 0 aliphatic rings. The zero-order valence-electron chi connectivity index (χ0n) is 11.3. The number of rotatable bonds is 5. The van der Waals surface area contributed by atoms with E-state index in [0.29, 0.717) is 29.2 Å². The number of benzene rings is 2. The first-order valence-electron chi connectivity index (χ1n) is 6.48. The molecule has 0 atom stereocenters. The molecule has 4 heteroatoms. The molecule has 0 bridgehead atoms. The van der Waals surface area contributed by atoms with Crippen LogP contribution < -0.4 is 10.1 Å². The number of nitrogens with one attached hydrogen (secondary N) is 1. The molecule has 0 saturated carbocycles. The van der Waals surface area contributed by atoms with Gasteiger partial charge in [0.2, 0.25) is 0 Å². The molecule has 20 heavy (non-hydrogen) atoms. The van der Waals surface area contributed by atoms with Crippen LogP contribution in [0.1, 0.15) is 22.8 Å². The minimum atomic E-state index is -0.255. The van der Waals surface area contributed by atoms with Gasteiger partial charge in [0.05, 0.1) is 18.8 Å². The Kier molecular flexibility index (Phi) is 4.74. The largest absolute Gasteiger partial charge is 0.493 e. The van der Waals surface area contributed by atoms with Gasteiger partial charge in [-0.05, 0) is 25.1 Å². The quantitative estimate of drug-likeness (QED) is 0.879. The normalized spacial score (nSPS) is 10.1. The Morgan fingerprint density at radius 2 is 1.85 bits per heavy atom. The van der Waals surface area contributed by atoms with Gasteiger partial charge in [-0.15, -0.1) is 0 Å². The van der Waals surface area contributed by atoms with Gasteiger partial charge >= 0.3 is 0 Å². The van der Waals surface area contributed by atoms with Crippen LogP contribution in [0, 0.1) is 0 Å². The lowest BCUT2D eigenvalue weighted by Crippen LogP contribution is -2.14. The highest BCUT2D eigenvalue weighted by atomic mass is 16.5. The van der Waals surface area contributed by atoms with E-state index in [4.69, 9.17) is 4.74 Å². The van der Waals surface area contributed by atoms with Crippen molar-refractivity contribution < 1.29 is 14.6 Å². The second-order valence-electron chi connectivity index (χ2n) is 4.20. The number of hydrogen-bond donors (Lipinski definition) is 2. The smallest absolute Gasteiger partial charge is 0.259 e. The Bertz CT molecular complexity index is 596. The Labute approximate surface area is 118 Å². The predicted molar refractivity (Wildman–Crippen MR) is 77.9 cm³/mol. The van der Waals surface area contributed by atoms with Gasteiger partial charge < -0.3 is 15.2 Å². The summed E-state index contributed by atoms with van der Waals surface area (Å²) in [6.07, 6.45) is 0. The Morgan fingerprint density at radius 1 is 1.15 bits per heavy atom. The fraction of sp³-hybridized carbons (Fsp3) is 0.188. The molecular formula is C16H17NO3. The molecule has 104 valence electrons. The molecule has 0 unspecified atom stereocenters. The molecule has 2 N–H and O–H groups in total. The summed E-state index contributed by atoms with van der Waals surface area (Å²) in [5.74, 6) is 0.295. The van der Waals surface area contributed by atoms with Crippen LogP contribution in [0.15, 0.2) is 48.5 Å². The van der Waals surface area contributed by atoms with Crippen LogP contribution in [0.4, 0.5) is 5.69 Å². The average molecular weight is 271 g/mol. The standard InChI is InChI=1S/C16H17NO3/c1-2-20-15-10-6-4-8-13(15)16(19)17-14-9-5-3-7-12(14)11-18/h3-10,18H,2,11H2,1H3,(H,17,19). The predicted octanol–water partition coefficient (Wildman–Crippen LogP) is 2.83. The summed E-state index contributed by atoms with van der Waals surface area (Å²) in [5.41, 5.74) is 1.75. The van der Waals surface area contributed by atoms with Crippen molar-refractivity contribution in [2.75, 3.05) is 11.9 Å². The first-order chi connectivity index (χ1) is 9.76. The summed E-state index contributed by atoms with van der Waals surface area (Å²) in [6, 6.07) is 14.2. The lowest BCUT2D eigenvalue weighted by atomic mass is 10.1. The topological polar surface area (TPSA) is 58.6 Å². The van der Waals surface area contributed by atoms with Crippen LogP contribution in [0.25, 0.3) is 0 Å². The number of carbonyl (C=O) groups is 1. The number of hydrogen-bond acceptors (Lipinski definition) is 3. The highest BCUT2D eigenvalue weighted by molar-refractivity contribution is 6.06. The maximum absolute atomic E-state index is 12.3. The Balaban J connectivity index is 2.24. The second-order valence-corrected chi connectivity index (χ2v) is 4.20. The number of aliphatic hydroxyl groups is 1. The molecule has 0 spiro atoms. The van der Waals surface area contributed by atoms with Crippen molar-refractivity contribution in [3.63, 3.8) is 0 Å². The van der Waals surface area contributed by atoms with Crippen LogP contribution in [-0.2, 0) is 6.61 Å². The van der Waals surface area contributed by atoms with Crippen molar-refractivity contribution in [2.24, 2.45) is 0 Å². The van der Waals surface area contributed by atoms with Crippen molar-refractivity contribution in [2.45, 2.75) is 13.5 Å². The highest BCUT2D eigenvalue weighted by Crippen LogP contribution is 2.21. The zero-order valence-corrected chi connectivity index (χ0v) is 11.3. The molecule has 0 saturated heterocycles. The average Bonchev–Trinajstić information content (AvgIpc) is 2.48. The van der Waals surface area contributed by atoms with E-state index in [1.165, 1.54) is 0 Å². The lowest BCUT2D eigenvalue weighted by Gasteiger charge is -2.12. The number of carbonyl (C=O) groups excluding carboxylic acids is 1. The minimum absolute atomic E-state index is 0.121. The molecule has 0 aromatic heterocycles. The second kappa shape index (κ2) is 6.73. The number of aliphatic hydroxyl groups excluding tert-OH is 1. The fourth-order valence-electron chi connectivity index (χ4n) is 1.91. The van der Waals surface area contributed by atoms with E-state index in [1.807, 2.05) is 25.1 Å². The van der Waals surface area contributed by atoms with E-state index in [1.54, 1.807) is 30.3 Å². The van der Waals surface area contributed by atoms with Gasteiger partial charge in [-0.2, -0.15) is 0 Å². The van der Waals surface area contributed by atoms with Crippen molar-refractivity contribution in [3.8, 4) is 5.75 Å². The summed E-state index contributed by atoms with van der Waals surface area (Å²) >= 11 is 0. The van der Waals surface area contributed by atoms with E-state index < -0.39 is 0 Å². The first kappa shape index (κ1) is 14.1. The molecule has 1 amide bonds. The van der Waals surface area contributed by atoms with Crippen LogP contribution in [0.2, 0.25) is 0 Å². The van der Waals surface area contributed by atoms with E-state index in [2.05, 4.69) is 5.32 Å². The van der Waals surface area contributed by atoms with Crippen molar-refractivity contribution in [3.05, 3.63) is 59.7 Å². The van der Waals surface area contributed by atoms with Crippen molar-refractivity contribution >= 4 is 11.6 Å². The highest BCUT2D eigenvalue weighted by Gasteiger charge is 2.13. The molecular weight excluding hydrogens is 254 g/mol. The van der Waals surface area contributed by atoms with Crippen LogP contribution >= 0.6 is 0 Å². The van der Waals surface area contributed by atoms with Crippen molar-refractivity contribution in [1.82, 2.24) is 0 Å². The third-order valence-electron chi connectivity index (χ3n) is 2.87. The van der Waals surface area contributed by atoms with Gasteiger partial charge in [-0.3, -0.25) is 4.79 Å². The summed E-state index contributed by atoms with van der Waals surface area (Å²) in [6.45, 7) is 2.25. The van der Waals surface area contributed by atoms with E-state index in [0.717, 1.165) is 0 Å². The summed E-state index contributed by atoms with van der Waals surface area (Å²) in [5, 5.41) is 12.1. The molecule has 4 nitrogen and oxygen atoms in total. The van der Waals surface area contributed by atoms with E-state index >= 15 is 0 Å². The van der Waals surface area contributed by atoms with Gasteiger partial charge in [0.25, 0.3) is 5.91 Å². The minimum Gasteiger partial charge on any atom is -0.493 e. The summed E-state index contributed by atoms with van der Waals surface area (Å²) < 4.78 is 5.44. The van der Waals surface area contributed by atoms with Crippen LogP contribution in [0.3, 0.4) is 0 Å². The SMILES string of the molecule is CCOc1ccccc1C(=O)Nc1ccccc1CO. The Morgan fingerprint density at radius 3 is 2.60 bits per heavy atom. The van der Waals surface area contributed by atoms with E-state index in [9.17, 15) is 9.90 Å². The fourth-order valence-corrected chi connectivity index (χ4v) is 1.91. The van der Waals surface area contributed by atoms with Gasteiger partial charge in [-0.1, -0.05) is 30.3 Å². The molecule has 0 aliphatic carbocycles. The van der Waals surface area contributed by atoms with Crippen LogP contribution in [-0.4, -0.2) is 17.6 Å². The number of amides is 1. The maximum atomic E-state index is 12.3. The molecule has 2 aromatic rings. The lowest BCUT2D eigenvalue weighted by molar-refractivity contribution is 0.102. The molecule has 2 rings (SSSR count). The van der Waals surface area contributed by atoms with Gasteiger partial charge in [0.1, 0.15) is 5.75 Å². The molecule has 0 fully saturated rings. The maximum Gasteiger partial charge on any atom is 0.259 e. The van der Waals surface area contributed by atoms with E-state index in [-0.39, 0.29) is 12.5 Å². The Hall–Kier alpha value is -2.33. The number of para-hydroxylation sites is 2. The number of anilines is 1. The summed E-state index contributed by atoms with van der Waals surface area (Å²) in [7, 11) is 0. The van der Waals surface area contributed by atoms with Gasteiger partial charge in [0, 0.05) is 11.3 Å². The monoisotopic (exact) mass is 271 g/mol. The van der Waals surface area contributed by atoms with Crippen molar-refractivity contribution in [1.29, 1.82) is 0 Å². The molecule has 2 aromatic carbocycles. The summed E-state index contributed by atoms with van der Waals surface area (Å²) in [4.78, 5) is 12.3. The third-order valence-corrected chi connectivity index (χ3v) is 2.87.